The number of amides is 2. The number of nitrogens with zero attached hydrogens (tertiary/aromatic N) is 4. The molecular formula is C21H31ClFN7O4. The van der Waals surface area contributed by atoms with Gasteiger partial charge in [0.1, 0.15) is 0 Å². The van der Waals surface area contributed by atoms with Gasteiger partial charge < -0.3 is 20.1 Å². The van der Waals surface area contributed by atoms with Crippen molar-refractivity contribution in [2.24, 2.45) is 11.8 Å². The Morgan fingerprint density at radius 2 is 2.03 bits per heavy atom. The van der Waals surface area contributed by atoms with Gasteiger partial charge in [-0.3, -0.25) is 20.5 Å². The number of hydrazine groups is 1. The number of halogens is 2. The van der Waals surface area contributed by atoms with Crippen molar-refractivity contribution in [3.63, 3.8) is 0 Å². The van der Waals surface area contributed by atoms with E-state index in [1.54, 1.807) is 0 Å². The zero-order valence-corrected chi connectivity index (χ0v) is 19.7. The van der Waals surface area contributed by atoms with Crippen LogP contribution < -0.4 is 21.1 Å². The molecule has 0 aromatic carbocycles. The van der Waals surface area contributed by atoms with Crippen molar-refractivity contribution in [3.8, 4) is 0 Å². The Morgan fingerprint density at radius 3 is 2.79 bits per heavy atom. The Bertz CT molecular complexity index is 889. The van der Waals surface area contributed by atoms with E-state index < -0.39 is 23.7 Å². The highest BCUT2D eigenvalue weighted by molar-refractivity contribution is 6.28. The molecule has 3 fully saturated rings. The summed E-state index contributed by atoms with van der Waals surface area (Å²) in [6.07, 6.45) is 3.61. The summed E-state index contributed by atoms with van der Waals surface area (Å²) >= 11 is 6.08. The van der Waals surface area contributed by atoms with Gasteiger partial charge in [0.15, 0.2) is 11.6 Å². The molecule has 0 unspecified atom stereocenters. The van der Waals surface area contributed by atoms with Gasteiger partial charge in [0, 0.05) is 32.7 Å². The fourth-order valence-electron chi connectivity index (χ4n) is 5.00. The van der Waals surface area contributed by atoms with Crippen molar-refractivity contribution >= 4 is 35.2 Å². The zero-order chi connectivity index (χ0) is 24.1. The van der Waals surface area contributed by atoms with Crippen LogP contribution in [-0.4, -0.2) is 84.0 Å². The standard InChI is InChI=1S/C21H31ClFN7O4/c22-20-25-17(16(23)18(26-20)30-6-5-29-7-8-34-12-15(29)11-30)27-28-19(31)14(10-24-21(32)33)9-13-3-1-2-4-13/h13-15,24H,1-12H2,(H,28,31)(H,32,33)(H,25,26,27)/t14-,15+/m1/s1. The monoisotopic (exact) mass is 499 g/mol. The maximum absolute atomic E-state index is 15.3. The third kappa shape index (κ3) is 6.16. The van der Waals surface area contributed by atoms with Gasteiger partial charge in [0.2, 0.25) is 17.0 Å². The number of carboxylic acid groups (broad SMARTS) is 1. The number of hydrogen-bond donors (Lipinski definition) is 4. The number of fused-ring (bicyclic) bond motifs is 1. The lowest BCUT2D eigenvalue weighted by atomic mass is 9.92. The summed E-state index contributed by atoms with van der Waals surface area (Å²) in [6.45, 7) is 3.98. The Labute approximate surface area is 202 Å². The van der Waals surface area contributed by atoms with Crippen molar-refractivity contribution in [2.75, 3.05) is 56.3 Å². The fraction of sp³-hybridized carbons (Fsp3) is 0.714. The number of piperazine rings is 1. The van der Waals surface area contributed by atoms with Crippen LogP contribution >= 0.6 is 11.6 Å². The molecular weight excluding hydrogens is 469 g/mol. The Morgan fingerprint density at radius 1 is 1.24 bits per heavy atom. The molecule has 1 aromatic rings. The van der Waals surface area contributed by atoms with Crippen LogP contribution in [0.1, 0.15) is 32.1 Å². The molecule has 1 saturated carbocycles. The minimum absolute atomic E-state index is 0.0225. The molecule has 2 saturated heterocycles. The molecule has 4 N–H and O–H groups in total. The Balaban J connectivity index is 1.41. The molecule has 2 atom stereocenters. The van der Waals surface area contributed by atoms with E-state index in [1.807, 2.05) is 4.90 Å². The van der Waals surface area contributed by atoms with Gasteiger partial charge in [-0.15, -0.1) is 0 Å². The van der Waals surface area contributed by atoms with Crippen LogP contribution in [0.3, 0.4) is 0 Å². The number of carbonyl (C=O) groups excluding carboxylic acids is 1. The first-order valence-corrected chi connectivity index (χ1v) is 12.1. The maximum atomic E-state index is 15.3. The van der Waals surface area contributed by atoms with Crippen molar-refractivity contribution in [1.29, 1.82) is 0 Å². The minimum Gasteiger partial charge on any atom is -0.465 e. The van der Waals surface area contributed by atoms with Gasteiger partial charge in [-0.2, -0.15) is 14.4 Å². The Hall–Kier alpha value is -2.44. The van der Waals surface area contributed by atoms with Crippen molar-refractivity contribution in [3.05, 3.63) is 11.1 Å². The minimum atomic E-state index is -1.20. The highest BCUT2D eigenvalue weighted by atomic mass is 35.5. The van der Waals surface area contributed by atoms with Gasteiger partial charge in [0.25, 0.3) is 0 Å². The molecule has 13 heteroatoms. The SMILES string of the molecule is O=C(O)NC[C@@H](CC1CCCC1)C(=O)NNc1nc(Cl)nc(N2CCN3CCOC[C@@H]3C2)c1F. The highest BCUT2D eigenvalue weighted by Crippen LogP contribution is 2.31. The number of carbonyl (C=O) groups is 2. The fourth-order valence-corrected chi connectivity index (χ4v) is 5.17. The summed E-state index contributed by atoms with van der Waals surface area (Å²) in [4.78, 5) is 35.9. The number of anilines is 2. The summed E-state index contributed by atoms with van der Waals surface area (Å²) in [5.41, 5.74) is 5.02. The molecule has 0 radical (unpaired) electrons. The van der Waals surface area contributed by atoms with Gasteiger partial charge in [-0.05, 0) is 23.9 Å². The number of hydrogen-bond acceptors (Lipinski definition) is 8. The highest BCUT2D eigenvalue weighted by Gasteiger charge is 2.32. The topological polar surface area (TPSA) is 132 Å². The molecule has 4 rings (SSSR count). The van der Waals surface area contributed by atoms with Gasteiger partial charge >= 0.3 is 6.09 Å². The van der Waals surface area contributed by atoms with Crippen LogP contribution in [0, 0.1) is 17.7 Å². The molecule has 2 amide bonds. The van der Waals surface area contributed by atoms with Gasteiger partial charge in [-0.1, -0.05) is 25.7 Å². The second kappa shape index (κ2) is 11.3. The summed E-state index contributed by atoms with van der Waals surface area (Å²) in [5, 5.41) is 11.1. The quantitative estimate of drug-likeness (QED) is 0.311. The van der Waals surface area contributed by atoms with Crippen LogP contribution in [0.5, 0.6) is 0 Å². The molecule has 3 heterocycles. The second-order valence-corrected chi connectivity index (χ2v) is 9.41. The molecule has 188 valence electrons. The van der Waals surface area contributed by atoms with Crippen molar-refractivity contribution in [2.45, 2.75) is 38.1 Å². The zero-order valence-electron chi connectivity index (χ0n) is 18.9. The normalized spacial score (nSPS) is 22.2. The lowest BCUT2D eigenvalue weighted by molar-refractivity contribution is -0.124. The van der Waals surface area contributed by atoms with Crippen LogP contribution in [0.2, 0.25) is 5.28 Å². The number of morpholine rings is 1. The summed E-state index contributed by atoms with van der Waals surface area (Å²) in [6, 6.07) is 0.143. The number of aromatic nitrogens is 2. The van der Waals surface area contributed by atoms with E-state index in [4.69, 9.17) is 21.4 Å². The maximum Gasteiger partial charge on any atom is 0.404 e. The second-order valence-electron chi connectivity index (χ2n) is 9.07. The Kier molecular flexibility index (Phi) is 8.22. The van der Waals surface area contributed by atoms with E-state index >= 15 is 4.39 Å². The van der Waals surface area contributed by atoms with E-state index in [-0.39, 0.29) is 29.5 Å². The number of ether oxygens (including phenoxy) is 1. The lowest BCUT2D eigenvalue weighted by Crippen LogP contribution is -2.58. The molecule has 34 heavy (non-hydrogen) atoms. The predicted octanol–water partition coefficient (Wildman–Crippen LogP) is 1.70. The van der Waals surface area contributed by atoms with E-state index in [0.29, 0.717) is 38.6 Å². The molecule has 0 spiro atoms. The molecule has 11 nitrogen and oxygen atoms in total. The van der Waals surface area contributed by atoms with E-state index in [2.05, 4.69) is 31.0 Å². The van der Waals surface area contributed by atoms with E-state index in [0.717, 1.165) is 38.8 Å². The van der Waals surface area contributed by atoms with E-state index in [9.17, 15) is 9.59 Å². The van der Waals surface area contributed by atoms with Gasteiger partial charge in [0.05, 0.1) is 25.2 Å². The van der Waals surface area contributed by atoms with Crippen LogP contribution in [-0.2, 0) is 9.53 Å². The van der Waals surface area contributed by atoms with Crippen molar-refractivity contribution in [1.82, 2.24) is 25.6 Å². The number of rotatable bonds is 8. The average Bonchev–Trinajstić information content (AvgIpc) is 3.34. The summed E-state index contributed by atoms with van der Waals surface area (Å²) in [5.74, 6) is -1.56. The lowest BCUT2D eigenvalue weighted by Gasteiger charge is -2.44. The first kappa shape index (κ1) is 24.7. The molecule has 3 aliphatic rings. The molecule has 1 aliphatic carbocycles. The molecule has 1 aromatic heterocycles. The molecule has 0 bridgehead atoms. The summed E-state index contributed by atoms with van der Waals surface area (Å²) < 4.78 is 20.9. The molecule has 2 aliphatic heterocycles. The van der Waals surface area contributed by atoms with Gasteiger partial charge in [-0.25, -0.2) is 4.79 Å². The van der Waals surface area contributed by atoms with E-state index in [1.165, 1.54) is 0 Å². The van der Waals surface area contributed by atoms with Crippen LogP contribution in [0.25, 0.3) is 0 Å². The van der Waals surface area contributed by atoms with Crippen LogP contribution in [0.15, 0.2) is 0 Å². The summed E-state index contributed by atoms with van der Waals surface area (Å²) in [7, 11) is 0. The third-order valence-corrected chi connectivity index (χ3v) is 6.98. The van der Waals surface area contributed by atoms with Crippen LogP contribution in [0.4, 0.5) is 20.8 Å². The number of nitrogens with one attached hydrogen (secondary N) is 3. The first-order valence-electron chi connectivity index (χ1n) is 11.7. The third-order valence-electron chi connectivity index (χ3n) is 6.81. The largest absolute Gasteiger partial charge is 0.465 e. The predicted molar refractivity (Wildman–Crippen MR) is 123 cm³/mol. The first-order chi connectivity index (χ1) is 16.4. The van der Waals surface area contributed by atoms with Crippen molar-refractivity contribution < 1.29 is 23.8 Å². The average molecular weight is 500 g/mol. The smallest absolute Gasteiger partial charge is 0.404 e.